The van der Waals surface area contributed by atoms with Gasteiger partial charge in [-0.1, -0.05) is 26.2 Å². The zero-order valence-corrected chi connectivity index (χ0v) is 9.82. The molecule has 16 heavy (non-hydrogen) atoms. The van der Waals surface area contributed by atoms with Gasteiger partial charge in [-0.05, 0) is 32.1 Å². The van der Waals surface area contributed by atoms with Gasteiger partial charge in [-0.15, -0.1) is 0 Å². The molecular weight excluding hydrogens is 217 g/mol. The number of rotatable bonds is 4. The Morgan fingerprint density at radius 1 is 1.19 bits per heavy atom. The first-order valence-electron chi connectivity index (χ1n) is 6.16. The van der Waals surface area contributed by atoms with Crippen molar-refractivity contribution in [3.05, 3.63) is 0 Å². The van der Waals surface area contributed by atoms with E-state index >= 15 is 0 Å². The molecule has 0 aliphatic heterocycles. The summed E-state index contributed by atoms with van der Waals surface area (Å²) in [6, 6.07) is 0. The summed E-state index contributed by atoms with van der Waals surface area (Å²) in [5.41, 5.74) is -0.822. The lowest BCUT2D eigenvalue weighted by molar-refractivity contribution is -0.192. The van der Waals surface area contributed by atoms with Crippen LogP contribution in [0.15, 0.2) is 0 Å². The molecule has 0 amide bonds. The van der Waals surface area contributed by atoms with Crippen molar-refractivity contribution in [1.82, 2.24) is 0 Å². The van der Waals surface area contributed by atoms with Crippen LogP contribution in [0.25, 0.3) is 0 Å². The molecule has 0 unspecified atom stereocenters. The van der Waals surface area contributed by atoms with Crippen LogP contribution in [0, 0.1) is 5.92 Å². The monoisotopic (exact) mass is 238 g/mol. The fourth-order valence-electron chi connectivity index (χ4n) is 2.44. The van der Waals surface area contributed by atoms with E-state index in [1.165, 1.54) is 0 Å². The van der Waals surface area contributed by atoms with Crippen LogP contribution in [0.2, 0.25) is 0 Å². The van der Waals surface area contributed by atoms with Crippen molar-refractivity contribution in [1.29, 1.82) is 0 Å². The van der Waals surface area contributed by atoms with E-state index < -0.39 is 17.7 Å². The van der Waals surface area contributed by atoms with Crippen LogP contribution in [0.4, 0.5) is 13.2 Å². The van der Waals surface area contributed by atoms with Gasteiger partial charge in [0.25, 0.3) is 0 Å². The molecule has 0 heterocycles. The fourth-order valence-corrected chi connectivity index (χ4v) is 2.44. The lowest BCUT2D eigenvalue weighted by Gasteiger charge is -2.36. The zero-order chi connectivity index (χ0) is 12.2. The van der Waals surface area contributed by atoms with E-state index in [0.717, 1.165) is 19.3 Å². The lowest BCUT2D eigenvalue weighted by atomic mass is 9.76. The van der Waals surface area contributed by atoms with E-state index in [4.69, 9.17) is 0 Å². The highest BCUT2D eigenvalue weighted by Gasteiger charge is 2.44. The summed E-state index contributed by atoms with van der Waals surface area (Å²) in [6.45, 7) is 2.07. The Morgan fingerprint density at radius 2 is 1.75 bits per heavy atom. The smallest absolute Gasteiger partial charge is 0.390 e. The summed E-state index contributed by atoms with van der Waals surface area (Å²) >= 11 is 0. The first-order valence-corrected chi connectivity index (χ1v) is 6.16. The summed E-state index contributed by atoms with van der Waals surface area (Å²) in [5, 5.41) is 10.1. The van der Waals surface area contributed by atoms with Gasteiger partial charge < -0.3 is 5.11 Å². The zero-order valence-electron chi connectivity index (χ0n) is 9.82. The van der Waals surface area contributed by atoms with Gasteiger partial charge >= 0.3 is 6.18 Å². The van der Waals surface area contributed by atoms with Crippen molar-refractivity contribution in [2.45, 2.75) is 70.1 Å². The second-order valence-corrected chi connectivity index (χ2v) is 5.00. The number of unbranched alkanes of at least 4 members (excludes halogenated alkanes) is 2. The Labute approximate surface area is 95.0 Å². The molecule has 4 heteroatoms. The molecule has 0 aromatic heterocycles. The maximum atomic E-state index is 12.4. The molecule has 1 rings (SSSR count). The van der Waals surface area contributed by atoms with Crippen molar-refractivity contribution in [2.75, 3.05) is 0 Å². The van der Waals surface area contributed by atoms with Crippen molar-refractivity contribution in [3.63, 3.8) is 0 Å². The average Bonchev–Trinajstić information content (AvgIpc) is 2.17. The Balaban J connectivity index is 2.35. The summed E-state index contributed by atoms with van der Waals surface area (Å²) in [6.07, 6.45) is 0.409. The number of halogens is 3. The third-order valence-corrected chi connectivity index (χ3v) is 3.62. The van der Waals surface area contributed by atoms with Crippen LogP contribution < -0.4 is 0 Å². The minimum atomic E-state index is -4.08. The van der Waals surface area contributed by atoms with Crippen molar-refractivity contribution >= 4 is 0 Å². The standard InChI is InChI=1S/C12H21F3O/c1-2-3-4-7-11(16)8-5-10(6-9-11)12(13,14)15/h10,16H,2-9H2,1H3. The number of aliphatic hydroxyl groups is 1. The third kappa shape index (κ3) is 3.96. The highest BCUT2D eigenvalue weighted by Crippen LogP contribution is 2.42. The molecule has 0 saturated heterocycles. The Hall–Kier alpha value is -0.250. The van der Waals surface area contributed by atoms with Crippen LogP contribution in [-0.2, 0) is 0 Å². The summed E-state index contributed by atoms with van der Waals surface area (Å²) in [4.78, 5) is 0. The quantitative estimate of drug-likeness (QED) is 0.732. The van der Waals surface area contributed by atoms with Gasteiger partial charge in [0.05, 0.1) is 11.5 Å². The summed E-state index contributed by atoms with van der Waals surface area (Å²) in [5.74, 6) is -1.20. The maximum absolute atomic E-state index is 12.4. The normalized spacial score (nSPS) is 31.7. The van der Waals surface area contributed by atoms with E-state index in [1.54, 1.807) is 0 Å². The largest absolute Gasteiger partial charge is 0.391 e. The first kappa shape index (κ1) is 13.8. The fraction of sp³-hybridized carbons (Fsp3) is 1.00. The van der Waals surface area contributed by atoms with Crippen LogP contribution in [0.1, 0.15) is 58.3 Å². The van der Waals surface area contributed by atoms with Crippen LogP contribution >= 0.6 is 0 Å². The van der Waals surface area contributed by atoms with Crippen molar-refractivity contribution in [2.24, 2.45) is 5.92 Å². The molecule has 0 atom stereocenters. The van der Waals surface area contributed by atoms with Gasteiger partial charge in [0.15, 0.2) is 0 Å². The average molecular weight is 238 g/mol. The second-order valence-electron chi connectivity index (χ2n) is 5.00. The van der Waals surface area contributed by atoms with Gasteiger partial charge in [-0.2, -0.15) is 13.2 Å². The van der Waals surface area contributed by atoms with Gasteiger partial charge in [-0.3, -0.25) is 0 Å². The van der Waals surface area contributed by atoms with Gasteiger partial charge in [0, 0.05) is 0 Å². The topological polar surface area (TPSA) is 20.2 Å². The van der Waals surface area contributed by atoms with Crippen molar-refractivity contribution < 1.29 is 18.3 Å². The number of alkyl halides is 3. The molecule has 0 bridgehead atoms. The Bertz CT molecular complexity index is 205. The molecule has 96 valence electrons. The van der Waals surface area contributed by atoms with E-state index in [-0.39, 0.29) is 12.8 Å². The molecule has 1 fully saturated rings. The molecule has 1 saturated carbocycles. The maximum Gasteiger partial charge on any atom is 0.391 e. The third-order valence-electron chi connectivity index (χ3n) is 3.62. The molecule has 1 N–H and O–H groups in total. The van der Waals surface area contributed by atoms with Gasteiger partial charge in [0.2, 0.25) is 0 Å². The summed E-state index contributed by atoms with van der Waals surface area (Å²) in [7, 11) is 0. The molecular formula is C12H21F3O. The van der Waals surface area contributed by atoms with Crippen LogP contribution in [0.3, 0.4) is 0 Å². The molecule has 1 nitrogen and oxygen atoms in total. The SMILES string of the molecule is CCCCCC1(O)CCC(C(F)(F)F)CC1. The molecule has 1 aliphatic carbocycles. The Morgan fingerprint density at radius 3 is 2.19 bits per heavy atom. The molecule has 0 aromatic carbocycles. The van der Waals surface area contributed by atoms with Gasteiger partial charge in [-0.25, -0.2) is 0 Å². The Kier molecular flexibility index (Phi) is 4.65. The highest BCUT2D eigenvalue weighted by atomic mass is 19.4. The van der Waals surface area contributed by atoms with Crippen LogP contribution in [-0.4, -0.2) is 16.9 Å². The van der Waals surface area contributed by atoms with E-state index in [9.17, 15) is 18.3 Å². The predicted octanol–water partition coefficient (Wildman–Crippen LogP) is 4.05. The van der Waals surface area contributed by atoms with E-state index in [2.05, 4.69) is 6.92 Å². The van der Waals surface area contributed by atoms with Crippen LogP contribution in [0.5, 0.6) is 0 Å². The molecule has 0 spiro atoms. The first-order chi connectivity index (χ1) is 7.37. The second kappa shape index (κ2) is 5.39. The number of hydrogen-bond donors (Lipinski definition) is 1. The summed E-state index contributed by atoms with van der Waals surface area (Å²) < 4.78 is 37.3. The van der Waals surface area contributed by atoms with E-state index in [1.807, 2.05) is 0 Å². The number of hydrogen-bond acceptors (Lipinski definition) is 1. The molecule has 0 aromatic rings. The molecule has 0 radical (unpaired) electrons. The molecule has 1 aliphatic rings. The van der Waals surface area contributed by atoms with Gasteiger partial charge in [0.1, 0.15) is 0 Å². The van der Waals surface area contributed by atoms with Crippen molar-refractivity contribution in [3.8, 4) is 0 Å². The minimum absolute atomic E-state index is 0.0894. The minimum Gasteiger partial charge on any atom is -0.390 e. The predicted molar refractivity (Wildman–Crippen MR) is 57.1 cm³/mol. The lowest BCUT2D eigenvalue weighted by Crippen LogP contribution is -2.38. The highest BCUT2D eigenvalue weighted by molar-refractivity contribution is 4.87. The van der Waals surface area contributed by atoms with E-state index in [0.29, 0.717) is 19.3 Å².